The Hall–Kier alpha value is -1.94. The summed E-state index contributed by atoms with van der Waals surface area (Å²) in [5.74, 6) is 0.793. The van der Waals surface area contributed by atoms with Crippen molar-refractivity contribution in [1.82, 2.24) is 9.97 Å². The first-order valence-corrected chi connectivity index (χ1v) is 6.29. The second-order valence-corrected chi connectivity index (χ2v) is 4.72. The average Bonchev–Trinajstić information content (AvgIpc) is 2.39. The van der Waals surface area contributed by atoms with Gasteiger partial charge in [0.1, 0.15) is 11.9 Å². The van der Waals surface area contributed by atoms with Gasteiger partial charge < -0.3 is 9.84 Å². The third kappa shape index (κ3) is 3.51. The third-order valence-electron chi connectivity index (χ3n) is 2.65. The van der Waals surface area contributed by atoms with Gasteiger partial charge in [-0.2, -0.15) is 0 Å². The first-order valence-electron chi connectivity index (χ1n) is 6.29. The standard InChI is InChI=1S/C15H18N2O2/c1-10(2)19-13-6-4-12(5-7-13)15(18)14-9-16-11(3)8-17-14/h4-10,15,18H,1-3H3. The maximum atomic E-state index is 10.2. The van der Waals surface area contributed by atoms with Gasteiger partial charge in [-0.15, -0.1) is 0 Å². The maximum Gasteiger partial charge on any atom is 0.123 e. The van der Waals surface area contributed by atoms with Crippen molar-refractivity contribution in [3.05, 3.63) is 53.6 Å². The van der Waals surface area contributed by atoms with Crippen LogP contribution in [-0.2, 0) is 0 Å². The number of rotatable bonds is 4. The van der Waals surface area contributed by atoms with Gasteiger partial charge in [-0.25, -0.2) is 0 Å². The van der Waals surface area contributed by atoms with Crippen LogP contribution < -0.4 is 4.74 Å². The third-order valence-corrected chi connectivity index (χ3v) is 2.65. The van der Waals surface area contributed by atoms with Crippen LogP contribution in [0.15, 0.2) is 36.7 Å². The van der Waals surface area contributed by atoms with Crippen molar-refractivity contribution in [2.24, 2.45) is 0 Å². The summed E-state index contributed by atoms with van der Waals surface area (Å²) in [5.41, 5.74) is 2.15. The number of ether oxygens (including phenoxy) is 1. The van der Waals surface area contributed by atoms with E-state index in [1.165, 1.54) is 0 Å². The fourth-order valence-corrected chi connectivity index (χ4v) is 1.72. The molecule has 0 aliphatic carbocycles. The summed E-state index contributed by atoms with van der Waals surface area (Å²) in [6.45, 7) is 5.82. The minimum Gasteiger partial charge on any atom is -0.491 e. The highest BCUT2D eigenvalue weighted by molar-refractivity contribution is 5.31. The van der Waals surface area contributed by atoms with Crippen LogP contribution >= 0.6 is 0 Å². The van der Waals surface area contributed by atoms with Crippen LogP contribution in [0.3, 0.4) is 0 Å². The summed E-state index contributed by atoms with van der Waals surface area (Å²) >= 11 is 0. The summed E-state index contributed by atoms with van der Waals surface area (Å²) in [7, 11) is 0. The zero-order valence-electron chi connectivity index (χ0n) is 11.4. The monoisotopic (exact) mass is 258 g/mol. The second-order valence-electron chi connectivity index (χ2n) is 4.72. The number of hydrogen-bond acceptors (Lipinski definition) is 4. The SMILES string of the molecule is Cc1cnc(C(O)c2ccc(OC(C)C)cc2)cn1. The van der Waals surface area contributed by atoms with E-state index in [0.717, 1.165) is 17.0 Å². The molecule has 0 aliphatic heterocycles. The number of aromatic nitrogens is 2. The van der Waals surface area contributed by atoms with Crippen LogP contribution in [0.1, 0.15) is 36.9 Å². The first-order chi connectivity index (χ1) is 9.06. The largest absolute Gasteiger partial charge is 0.491 e. The lowest BCUT2D eigenvalue weighted by Crippen LogP contribution is -2.06. The van der Waals surface area contributed by atoms with Crippen LogP contribution in [0.2, 0.25) is 0 Å². The summed E-state index contributed by atoms with van der Waals surface area (Å²) < 4.78 is 5.56. The van der Waals surface area contributed by atoms with E-state index in [4.69, 9.17) is 4.74 Å². The summed E-state index contributed by atoms with van der Waals surface area (Å²) in [6, 6.07) is 7.37. The van der Waals surface area contributed by atoms with Crippen LogP contribution in [-0.4, -0.2) is 21.2 Å². The molecule has 2 rings (SSSR count). The predicted molar refractivity (Wildman–Crippen MR) is 73.0 cm³/mol. The van der Waals surface area contributed by atoms with Crippen molar-refractivity contribution in [2.75, 3.05) is 0 Å². The predicted octanol–water partition coefficient (Wildman–Crippen LogP) is 2.65. The van der Waals surface area contributed by atoms with Crippen LogP contribution in [0.25, 0.3) is 0 Å². The van der Waals surface area contributed by atoms with Gasteiger partial charge in [0.05, 0.1) is 23.7 Å². The Morgan fingerprint density at radius 2 is 1.74 bits per heavy atom. The van der Waals surface area contributed by atoms with Crippen molar-refractivity contribution < 1.29 is 9.84 Å². The average molecular weight is 258 g/mol. The van der Waals surface area contributed by atoms with Crippen LogP contribution in [0.4, 0.5) is 0 Å². The Bertz CT molecular complexity index is 521. The minimum absolute atomic E-state index is 0.138. The Labute approximate surface area is 113 Å². The molecule has 0 radical (unpaired) electrons. The molecule has 1 aromatic carbocycles. The fourth-order valence-electron chi connectivity index (χ4n) is 1.72. The van der Waals surface area contributed by atoms with E-state index in [2.05, 4.69) is 9.97 Å². The van der Waals surface area contributed by atoms with Gasteiger partial charge in [-0.1, -0.05) is 12.1 Å². The molecule has 1 unspecified atom stereocenters. The lowest BCUT2D eigenvalue weighted by atomic mass is 10.1. The van der Waals surface area contributed by atoms with Crippen LogP contribution in [0, 0.1) is 6.92 Å². The lowest BCUT2D eigenvalue weighted by molar-refractivity contribution is 0.214. The number of aliphatic hydroxyl groups excluding tert-OH is 1. The van der Waals surface area contributed by atoms with Gasteiger partial charge in [0.2, 0.25) is 0 Å². The zero-order chi connectivity index (χ0) is 13.8. The molecule has 4 heteroatoms. The van der Waals surface area contributed by atoms with Gasteiger partial charge in [0.25, 0.3) is 0 Å². The van der Waals surface area contributed by atoms with Gasteiger partial charge in [-0.05, 0) is 38.5 Å². The molecule has 1 heterocycles. The molecular weight excluding hydrogens is 240 g/mol. The number of benzene rings is 1. The molecule has 0 aliphatic rings. The van der Waals surface area contributed by atoms with Gasteiger partial charge in [0.15, 0.2) is 0 Å². The summed E-state index contributed by atoms with van der Waals surface area (Å²) in [5, 5.41) is 10.2. The number of aliphatic hydroxyl groups is 1. The molecule has 100 valence electrons. The Morgan fingerprint density at radius 3 is 2.26 bits per heavy atom. The van der Waals surface area contributed by atoms with Crippen molar-refractivity contribution >= 4 is 0 Å². The normalized spacial score (nSPS) is 12.5. The van der Waals surface area contributed by atoms with Crippen molar-refractivity contribution in [3.8, 4) is 5.75 Å². The van der Waals surface area contributed by atoms with Gasteiger partial charge in [0, 0.05) is 6.20 Å². The Kier molecular flexibility index (Phi) is 4.12. The molecular formula is C15H18N2O2. The van der Waals surface area contributed by atoms with E-state index in [0.29, 0.717) is 5.69 Å². The van der Waals surface area contributed by atoms with Crippen molar-refractivity contribution in [2.45, 2.75) is 33.0 Å². The van der Waals surface area contributed by atoms with E-state index in [-0.39, 0.29) is 6.10 Å². The molecule has 1 atom stereocenters. The zero-order valence-corrected chi connectivity index (χ0v) is 11.4. The Morgan fingerprint density at radius 1 is 1.05 bits per heavy atom. The van der Waals surface area contributed by atoms with E-state index in [1.54, 1.807) is 12.4 Å². The number of aryl methyl sites for hydroxylation is 1. The summed E-state index contributed by atoms with van der Waals surface area (Å²) in [4.78, 5) is 8.32. The molecule has 1 aromatic heterocycles. The fraction of sp³-hybridized carbons (Fsp3) is 0.333. The highest BCUT2D eigenvalue weighted by Crippen LogP contribution is 2.22. The molecule has 0 fully saturated rings. The van der Waals surface area contributed by atoms with Crippen molar-refractivity contribution in [3.63, 3.8) is 0 Å². The minimum atomic E-state index is -0.763. The number of nitrogens with zero attached hydrogens (tertiary/aromatic N) is 2. The smallest absolute Gasteiger partial charge is 0.123 e. The first kappa shape index (κ1) is 13.5. The van der Waals surface area contributed by atoms with E-state index in [9.17, 15) is 5.11 Å². The maximum absolute atomic E-state index is 10.2. The molecule has 1 N–H and O–H groups in total. The van der Waals surface area contributed by atoms with E-state index < -0.39 is 6.10 Å². The van der Waals surface area contributed by atoms with Crippen molar-refractivity contribution in [1.29, 1.82) is 0 Å². The summed E-state index contributed by atoms with van der Waals surface area (Å²) in [6.07, 6.45) is 2.62. The van der Waals surface area contributed by atoms with E-state index >= 15 is 0 Å². The molecule has 19 heavy (non-hydrogen) atoms. The lowest BCUT2D eigenvalue weighted by Gasteiger charge is -2.13. The number of hydrogen-bond donors (Lipinski definition) is 1. The molecule has 0 spiro atoms. The molecule has 2 aromatic rings. The Balaban J connectivity index is 2.15. The molecule has 0 bridgehead atoms. The van der Waals surface area contributed by atoms with Gasteiger partial charge >= 0.3 is 0 Å². The molecule has 0 saturated carbocycles. The van der Waals surface area contributed by atoms with Crippen LogP contribution in [0.5, 0.6) is 5.75 Å². The van der Waals surface area contributed by atoms with Gasteiger partial charge in [-0.3, -0.25) is 9.97 Å². The topological polar surface area (TPSA) is 55.2 Å². The molecule has 4 nitrogen and oxygen atoms in total. The highest BCUT2D eigenvalue weighted by Gasteiger charge is 2.12. The molecule has 0 saturated heterocycles. The second kappa shape index (κ2) is 5.80. The molecule has 0 amide bonds. The quantitative estimate of drug-likeness (QED) is 0.916. The highest BCUT2D eigenvalue weighted by atomic mass is 16.5. The van der Waals surface area contributed by atoms with E-state index in [1.807, 2.05) is 45.0 Å².